The van der Waals surface area contributed by atoms with Gasteiger partial charge in [-0.2, -0.15) is 0 Å². The molecule has 0 aliphatic carbocycles. The summed E-state index contributed by atoms with van der Waals surface area (Å²) in [6.45, 7) is -0.0348. The number of hydrogen-bond donors (Lipinski definition) is 1. The van der Waals surface area contributed by atoms with Crippen molar-refractivity contribution in [3.63, 3.8) is 0 Å². The molecule has 5 heteroatoms. The summed E-state index contributed by atoms with van der Waals surface area (Å²) in [6, 6.07) is 3.19. The Bertz CT molecular complexity index is 390. The van der Waals surface area contributed by atoms with E-state index < -0.39 is 0 Å². The number of carbonyl (C=O) groups is 1. The Morgan fingerprint density at radius 3 is 2.44 bits per heavy atom. The van der Waals surface area contributed by atoms with Crippen molar-refractivity contribution in [2.75, 3.05) is 33.7 Å². The average Bonchev–Trinajstić information content (AvgIpc) is 2.27. The second-order valence-electron chi connectivity index (χ2n) is 3.15. The first-order valence-corrected chi connectivity index (χ1v) is 4.67. The zero-order valence-electron chi connectivity index (χ0n) is 9.57. The molecule has 1 aromatic rings. The van der Waals surface area contributed by atoms with Crippen LogP contribution < -0.4 is 15.2 Å². The maximum Gasteiger partial charge on any atom is 0.194 e. The Kier molecular flexibility index (Phi) is 4.13. The summed E-state index contributed by atoms with van der Waals surface area (Å²) in [4.78, 5) is 11.7. The molecule has 1 aromatic carbocycles. The molecule has 0 aliphatic heterocycles. The second-order valence-corrected chi connectivity index (χ2v) is 3.15. The summed E-state index contributed by atoms with van der Waals surface area (Å²) in [7, 11) is 4.44. The van der Waals surface area contributed by atoms with E-state index >= 15 is 0 Å². The molecule has 16 heavy (non-hydrogen) atoms. The lowest BCUT2D eigenvalue weighted by atomic mass is 10.1. The van der Waals surface area contributed by atoms with Crippen LogP contribution >= 0.6 is 0 Å². The number of hydrogen-bond acceptors (Lipinski definition) is 5. The predicted molar refractivity (Wildman–Crippen MR) is 60.2 cm³/mol. The van der Waals surface area contributed by atoms with Gasteiger partial charge < -0.3 is 19.9 Å². The van der Waals surface area contributed by atoms with E-state index in [0.29, 0.717) is 22.7 Å². The molecule has 0 radical (unpaired) electrons. The van der Waals surface area contributed by atoms with Gasteiger partial charge in [-0.15, -0.1) is 0 Å². The van der Waals surface area contributed by atoms with Crippen LogP contribution in [0.5, 0.6) is 11.5 Å². The molecule has 2 N–H and O–H groups in total. The van der Waals surface area contributed by atoms with Crippen LogP contribution in [0.15, 0.2) is 12.1 Å². The SMILES string of the molecule is COCC(=O)c1c(N)cc(OC)cc1OC. The molecule has 1 rings (SSSR count). The van der Waals surface area contributed by atoms with Gasteiger partial charge in [-0.3, -0.25) is 4.79 Å². The number of ether oxygens (including phenoxy) is 3. The number of anilines is 1. The topological polar surface area (TPSA) is 70.8 Å². The average molecular weight is 225 g/mol. The van der Waals surface area contributed by atoms with E-state index in [0.717, 1.165) is 0 Å². The number of ketones is 1. The van der Waals surface area contributed by atoms with Crippen LogP contribution in [-0.4, -0.2) is 33.7 Å². The molecule has 0 bridgehead atoms. The fourth-order valence-electron chi connectivity index (χ4n) is 1.39. The lowest BCUT2D eigenvalue weighted by Gasteiger charge is -2.12. The van der Waals surface area contributed by atoms with E-state index in [1.165, 1.54) is 21.3 Å². The minimum Gasteiger partial charge on any atom is -0.497 e. The molecule has 0 fully saturated rings. The highest BCUT2D eigenvalue weighted by Crippen LogP contribution is 2.30. The van der Waals surface area contributed by atoms with E-state index in [1.807, 2.05) is 0 Å². The van der Waals surface area contributed by atoms with Crippen LogP contribution in [0.4, 0.5) is 5.69 Å². The van der Waals surface area contributed by atoms with Crippen molar-refractivity contribution in [1.29, 1.82) is 0 Å². The van der Waals surface area contributed by atoms with Crippen molar-refractivity contribution in [3.05, 3.63) is 17.7 Å². The van der Waals surface area contributed by atoms with Gasteiger partial charge in [0.15, 0.2) is 5.78 Å². The van der Waals surface area contributed by atoms with E-state index in [2.05, 4.69) is 0 Å². The predicted octanol–water partition coefficient (Wildman–Crippen LogP) is 1.12. The van der Waals surface area contributed by atoms with Gasteiger partial charge in [0.25, 0.3) is 0 Å². The van der Waals surface area contributed by atoms with E-state index in [4.69, 9.17) is 19.9 Å². The number of Topliss-reactive ketones (excluding diaryl/α,β-unsaturated/α-hetero) is 1. The molecule has 5 nitrogen and oxygen atoms in total. The molecule has 0 amide bonds. The van der Waals surface area contributed by atoms with Gasteiger partial charge in [-0.1, -0.05) is 0 Å². The van der Waals surface area contributed by atoms with Crippen LogP contribution in [0.2, 0.25) is 0 Å². The smallest absolute Gasteiger partial charge is 0.194 e. The third-order valence-corrected chi connectivity index (χ3v) is 2.12. The Balaban J connectivity index is 3.21. The fraction of sp³-hybridized carbons (Fsp3) is 0.364. The van der Waals surface area contributed by atoms with Crippen molar-refractivity contribution in [2.24, 2.45) is 0 Å². The number of methoxy groups -OCH3 is 3. The maximum absolute atomic E-state index is 11.7. The molecule has 0 aliphatic rings. The van der Waals surface area contributed by atoms with Crippen LogP contribution in [0.25, 0.3) is 0 Å². The summed E-state index contributed by atoms with van der Waals surface area (Å²) >= 11 is 0. The van der Waals surface area contributed by atoms with Gasteiger partial charge in [0.2, 0.25) is 0 Å². The molecule has 0 saturated carbocycles. The van der Waals surface area contributed by atoms with Gasteiger partial charge >= 0.3 is 0 Å². The molecule has 0 spiro atoms. The Morgan fingerprint density at radius 1 is 1.25 bits per heavy atom. The second kappa shape index (κ2) is 5.37. The van der Waals surface area contributed by atoms with E-state index in [9.17, 15) is 4.79 Å². The fourth-order valence-corrected chi connectivity index (χ4v) is 1.39. The van der Waals surface area contributed by atoms with Gasteiger partial charge in [0.05, 0.1) is 19.8 Å². The summed E-state index contributed by atoms with van der Waals surface area (Å²) in [5.74, 6) is 0.710. The summed E-state index contributed by atoms with van der Waals surface area (Å²) < 4.78 is 14.9. The number of nitrogen functional groups attached to an aromatic ring is 1. The molecule has 0 saturated heterocycles. The van der Waals surface area contributed by atoms with Crippen molar-refractivity contribution in [1.82, 2.24) is 0 Å². The largest absolute Gasteiger partial charge is 0.497 e. The van der Waals surface area contributed by atoms with Crippen LogP contribution in [-0.2, 0) is 4.74 Å². The highest BCUT2D eigenvalue weighted by atomic mass is 16.5. The summed E-state index contributed by atoms with van der Waals surface area (Å²) in [6.07, 6.45) is 0. The zero-order valence-corrected chi connectivity index (χ0v) is 9.57. The first kappa shape index (κ1) is 12.3. The minimum absolute atomic E-state index is 0.0348. The lowest BCUT2D eigenvalue weighted by molar-refractivity contribution is 0.0846. The van der Waals surface area contributed by atoms with Crippen LogP contribution in [0.1, 0.15) is 10.4 Å². The van der Waals surface area contributed by atoms with Crippen LogP contribution in [0, 0.1) is 0 Å². The third-order valence-electron chi connectivity index (χ3n) is 2.12. The molecule has 0 aromatic heterocycles. The number of nitrogens with two attached hydrogens (primary N) is 1. The molecular formula is C11H15NO4. The quantitative estimate of drug-likeness (QED) is 0.600. The van der Waals surface area contributed by atoms with Gasteiger partial charge in [-0.25, -0.2) is 0 Å². The van der Waals surface area contributed by atoms with Gasteiger partial charge in [-0.05, 0) is 0 Å². The summed E-state index contributed by atoms with van der Waals surface area (Å²) in [5.41, 5.74) is 6.41. The molecule has 0 atom stereocenters. The maximum atomic E-state index is 11.7. The van der Waals surface area contributed by atoms with Crippen molar-refractivity contribution < 1.29 is 19.0 Å². The first-order valence-electron chi connectivity index (χ1n) is 4.67. The van der Waals surface area contributed by atoms with E-state index in [1.54, 1.807) is 12.1 Å². The first-order chi connectivity index (χ1) is 7.63. The highest BCUT2D eigenvalue weighted by Gasteiger charge is 2.17. The number of carbonyl (C=O) groups excluding carboxylic acids is 1. The lowest BCUT2D eigenvalue weighted by Crippen LogP contribution is -2.11. The normalized spacial score (nSPS) is 9.94. The van der Waals surface area contributed by atoms with Crippen molar-refractivity contribution in [3.8, 4) is 11.5 Å². The molecule has 88 valence electrons. The monoisotopic (exact) mass is 225 g/mol. The Hall–Kier alpha value is -1.75. The number of rotatable bonds is 5. The summed E-state index contributed by atoms with van der Waals surface area (Å²) in [5, 5.41) is 0. The van der Waals surface area contributed by atoms with Crippen LogP contribution in [0.3, 0.4) is 0 Å². The van der Waals surface area contributed by atoms with Gasteiger partial charge in [0.1, 0.15) is 18.1 Å². The Morgan fingerprint density at radius 2 is 1.94 bits per heavy atom. The number of benzene rings is 1. The van der Waals surface area contributed by atoms with Crippen molar-refractivity contribution >= 4 is 11.5 Å². The van der Waals surface area contributed by atoms with E-state index in [-0.39, 0.29) is 12.4 Å². The zero-order chi connectivity index (χ0) is 12.1. The third kappa shape index (κ3) is 2.43. The van der Waals surface area contributed by atoms with Gasteiger partial charge in [0, 0.05) is 24.9 Å². The molecule has 0 unspecified atom stereocenters. The molecule has 0 heterocycles. The Labute approximate surface area is 94.1 Å². The highest BCUT2D eigenvalue weighted by molar-refractivity contribution is 6.04. The van der Waals surface area contributed by atoms with Crippen molar-refractivity contribution in [2.45, 2.75) is 0 Å². The minimum atomic E-state index is -0.223. The molecular weight excluding hydrogens is 210 g/mol. The standard InChI is InChI=1S/C11H15NO4/c1-14-6-9(13)11-8(12)4-7(15-2)5-10(11)16-3/h4-5H,6,12H2,1-3H3.